The molecule has 0 aliphatic carbocycles. The molecule has 1 radical (unpaired) electrons. The van der Waals surface area contributed by atoms with Crippen molar-refractivity contribution in [3.8, 4) is 22.9 Å². The number of fused-ring (bicyclic) bond motifs is 1. The number of benzene rings is 2. The predicted molar refractivity (Wildman–Crippen MR) is 165 cm³/mol. The molecule has 11 heteroatoms. The lowest BCUT2D eigenvalue weighted by Gasteiger charge is -2.18. The lowest BCUT2D eigenvalue weighted by Crippen LogP contribution is -2.25. The Morgan fingerprint density at radius 2 is 1.72 bits per heavy atom. The molecule has 0 spiro atoms. The topological polar surface area (TPSA) is 65.3 Å². The van der Waals surface area contributed by atoms with Crippen molar-refractivity contribution < 1.29 is 22.6 Å². The lowest BCUT2D eigenvalue weighted by molar-refractivity contribution is -0.141. The molecule has 0 bridgehead atoms. The van der Waals surface area contributed by atoms with E-state index in [2.05, 4.69) is 47.1 Å². The maximum atomic E-state index is 13.1. The zero-order valence-corrected chi connectivity index (χ0v) is 25.8. The van der Waals surface area contributed by atoms with E-state index < -0.39 is 11.9 Å². The van der Waals surface area contributed by atoms with Crippen LogP contribution in [0.15, 0.2) is 58.7 Å². The Kier molecular flexibility index (Phi) is 11.7. The molecule has 4 rings (SSSR count). The first-order chi connectivity index (χ1) is 20.8. The van der Waals surface area contributed by atoms with Gasteiger partial charge in [-0.05, 0) is 69.2 Å². The van der Waals surface area contributed by atoms with E-state index in [9.17, 15) is 13.2 Å². The van der Waals surface area contributed by atoms with Crippen molar-refractivity contribution in [1.82, 2.24) is 24.4 Å². The summed E-state index contributed by atoms with van der Waals surface area (Å²) in [5.74, 6) is 2.18. The van der Waals surface area contributed by atoms with Gasteiger partial charge in [0.1, 0.15) is 22.8 Å². The number of aromatic nitrogens is 4. The van der Waals surface area contributed by atoms with Gasteiger partial charge < -0.3 is 18.9 Å². The van der Waals surface area contributed by atoms with Crippen molar-refractivity contribution in [2.24, 2.45) is 0 Å². The molecular formula is C32H39F3N5O2S. The van der Waals surface area contributed by atoms with Crippen molar-refractivity contribution >= 4 is 22.8 Å². The third kappa shape index (κ3) is 8.63. The van der Waals surface area contributed by atoms with Gasteiger partial charge in [-0.2, -0.15) is 13.2 Å². The maximum Gasteiger partial charge on any atom is 0.433 e. The first-order valence-electron chi connectivity index (χ1n) is 14.8. The quantitative estimate of drug-likeness (QED) is 0.0932. The molecule has 0 amide bonds. The molecule has 0 saturated heterocycles. The smallest absolute Gasteiger partial charge is 0.433 e. The monoisotopic (exact) mass is 614 g/mol. The van der Waals surface area contributed by atoms with Crippen molar-refractivity contribution in [3.63, 3.8) is 0 Å². The summed E-state index contributed by atoms with van der Waals surface area (Å²) >= 11 is 1.08. The van der Waals surface area contributed by atoms with Gasteiger partial charge in [-0.3, -0.25) is 0 Å². The largest absolute Gasteiger partial charge is 0.493 e. The van der Waals surface area contributed by atoms with Gasteiger partial charge in [-0.15, -0.1) is 0 Å². The summed E-state index contributed by atoms with van der Waals surface area (Å²) in [4.78, 5) is 15.8. The van der Waals surface area contributed by atoms with Crippen LogP contribution in [0.4, 0.5) is 13.2 Å². The van der Waals surface area contributed by atoms with Gasteiger partial charge in [0.15, 0.2) is 10.9 Å². The van der Waals surface area contributed by atoms with Crippen LogP contribution in [0.25, 0.3) is 22.4 Å². The van der Waals surface area contributed by atoms with E-state index in [1.54, 1.807) is 0 Å². The van der Waals surface area contributed by atoms with Crippen LogP contribution in [0, 0.1) is 6.92 Å². The first-order valence-corrected chi connectivity index (χ1v) is 15.6. The molecule has 231 valence electrons. The molecule has 0 saturated carbocycles. The van der Waals surface area contributed by atoms with Gasteiger partial charge in [0.05, 0.1) is 18.7 Å². The van der Waals surface area contributed by atoms with Gasteiger partial charge >= 0.3 is 6.18 Å². The second-order valence-electron chi connectivity index (χ2n) is 10.0. The van der Waals surface area contributed by atoms with Gasteiger partial charge in [-0.1, -0.05) is 39.3 Å². The average molecular weight is 615 g/mol. The number of rotatable bonds is 16. The second-order valence-corrected chi connectivity index (χ2v) is 11.0. The highest BCUT2D eigenvalue weighted by Crippen LogP contribution is 2.36. The van der Waals surface area contributed by atoms with E-state index in [4.69, 9.17) is 14.5 Å². The molecule has 4 aromatic rings. The fourth-order valence-corrected chi connectivity index (χ4v) is 5.39. The Balaban J connectivity index is 1.64. The number of aryl methyl sites for hydroxylation is 1. The molecule has 43 heavy (non-hydrogen) atoms. The minimum absolute atomic E-state index is 0.0367. The summed E-state index contributed by atoms with van der Waals surface area (Å²) in [6.45, 7) is 15.2. The average Bonchev–Trinajstić information content (AvgIpc) is 3.37. The van der Waals surface area contributed by atoms with Crippen LogP contribution in [-0.2, 0) is 12.7 Å². The molecule has 0 atom stereocenters. The summed E-state index contributed by atoms with van der Waals surface area (Å²) in [7, 11) is 0. The zero-order valence-electron chi connectivity index (χ0n) is 25.0. The highest BCUT2D eigenvalue weighted by Gasteiger charge is 2.32. The number of hydrogen-bond donors (Lipinski definition) is 0. The molecule has 2 heterocycles. The van der Waals surface area contributed by atoms with Gasteiger partial charge in [0.25, 0.3) is 0 Å². The fourth-order valence-electron chi connectivity index (χ4n) is 4.65. The molecule has 2 aromatic carbocycles. The van der Waals surface area contributed by atoms with E-state index in [1.807, 2.05) is 36.4 Å². The van der Waals surface area contributed by atoms with Gasteiger partial charge in [0, 0.05) is 41.9 Å². The van der Waals surface area contributed by atoms with E-state index in [0.29, 0.717) is 25.4 Å². The molecule has 0 aliphatic heterocycles. The van der Waals surface area contributed by atoms with Crippen LogP contribution in [-0.4, -0.2) is 57.3 Å². The number of alkyl halides is 3. The summed E-state index contributed by atoms with van der Waals surface area (Å²) in [5.41, 5.74) is 1.60. The van der Waals surface area contributed by atoms with Crippen LogP contribution < -0.4 is 9.47 Å². The zero-order chi connectivity index (χ0) is 30.8. The molecule has 0 N–H and O–H groups in total. The summed E-state index contributed by atoms with van der Waals surface area (Å²) < 4.78 is 53.7. The number of imidazole rings is 1. The number of nitrogens with zero attached hydrogens (tertiary/aromatic N) is 5. The first kappa shape index (κ1) is 32.6. The fraction of sp³-hybridized carbons (Fsp3) is 0.438. The standard InChI is InChI=1S/C32H39F3N5O2S/c1-5-9-18-40-26-21-24(41-20-10-17-39(7-3)8-4)22-27(42-19-6-2)29(26)38-30(40)23-11-13-25(14-12-23)43-31-36-16-15-28(37-31)32(33,34)35/h11-16,21-22H,2,5-10,17-20H2,1,3-4H3. The summed E-state index contributed by atoms with van der Waals surface area (Å²) in [6, 6.07) is 12.3. The van der Waals surface area contributed by atoms with Gasteiger partial charge in [0.2, 0.25) is 0 Å². The van der Waals surface area contributed by atoms with Crippen molar-refractivity contribution in [3.05, 3.63) is 61.3 Å². The van der Waals surface area contributed by atoms with Crippen LogP contribution in [0.5, 0.6) is 11.5 Å². The van der Waals surface area contributed by atoms with E-state index in [-0.39, 0.29) is 5.16 Å². The van der Waals surface area contributed by atoms with Crippen LogP contribution in [0.1, 0.15) is 52.1 Å². The van der Waals surface area contributed by atoms with Crippen LogP contribution in [0.3, 0.4) is 0 Å². The van der Waals surface area contributed by atoms with E-state index in [0.717, 1.165) is 103 Å². The Hall–Kier alpha value is -3.31. The van der Waals surface area contributed by atoms with Crippen LogP contribution >= 0.6 is 11.8 Å². The minimum Gasteiger partial charge on any atom is -0.493 e. The Morgan fingerprint density at radius 1 is 0.953 bits per heavy atom. The Morgan fingerprint density at radius 3 is 2.40 bits per heavy atom. The molecular weight excluding hydrogens is 575 g/mol. The maximum absolute atomic E-state index is 13.1. The van der Waals surface area contributed by atoms with Gasteiger partial charge in [-0.25, -0.2) is 15.0 Å². The predicted octanol–water partition coefficient (Wildman–Crippen LogP) is 8.18. The molecule has 2 aromatic heterocycles. The number of halogens is 3. The Bertz CT molecular complexity index is 1460. The summed E-state index contributed by atoms with van der Waals surface area (Å²) in [6.07, 6.45) is 0.118. The second kappa shape index (κ2) is 15.4. The van der Waals surface area contributed by atoms with E-state index in [1.165, 1.54) is 0 Å². The lowest BCUT2D eigenvalue weighted by atomic mass is 10.2. The van der Waals surface area contributed by atoms with Crippen molar-refractivity contribution in [2.75, 3.05) is 32.8 Å². The number of unbranched alkanes of at least 4 members (excludes halogenated alkanes) is 1. The molecule has 0 aliphatic rings. The minimum atomic E-state index is -4.52. The highest BCUT2D eigenvalue weighted by molar-refractivity contribution is 7.99. The number of hydrogen-bond acceptors (Lipinski definition) is 7. The third-order valence-corrected chi connectivity index (χ3v) is 7.84. The number of ether oxygens (including phenoxy) is 2. The Labute approximate surface area is 255 Å². The third-order valence-electron chi connectivity index (χ3n) is 6.96. The van der Waals surface area contributed by atoms with Crippen molar-refractivity contribution in [2.45, 2.75) is 69.2 Å². The SMILES string of the molecule is [CH2]CCOc1cc(OCCCN(CC)CC)cc2c1nc(-c1ccc(Sc3nccc(C(F)(F)F)n3)cc1)n2CCCC. The molecule has 0 unspecified atom stereocenters. The summed E-state index contributed by atoms with van der Waals surface area (Å²) in [5, 5.41) is 0.0367. The normalized spacial score (nSPS) is 11.9. The van der Waals surface area contributed by atoms with E-state index >= 15 is 0 Å². The molecule has 7 nitrogen and oxygen atoms in total. The van der Waals surface area contributed by atoms with Crippen LogP contribution in [0.2, 0.25) is 0 Å². The van der Waals surface area contributed by atoms with Crippen molar-refractivity contribution in [1.29, 1.82) is 0 Å². The highest BCUT2D eigenvalue weighted by atomic mass is 32.2. The molecule has 0 fully saturated rings.